The first-order valence-electron chi connectivity index (χ1n) is 4.18. The fraction of sp³-hybridized carbons (Fsp3) is 0. The maximum absolute atomic E-state index is 10.8. The molecule has 78 valence electrons. The van der Waals surface area contributed by atoms with Crippen LogP contribution in [0.1, 0.15) is 0 Å². The summed E-state index contributed by atoms with van der Waals surface area (Å²) in [7, 11) is 0. The van der Waals surface area contributed by atoms with Crippen molar-refractivity contribution in [3.05, 3.63) is 50.7 Å². The minimum atomic E-state index is -0.237. The van der Waals surface area contributed by atoms with Crippen molar-refractivity contribution in [1.29, 1.82) is 0 Å². The summed E-state index contributed by atoms with van der Waals surface area (Å²) in [4.78, 5) is 10.8. The molecule has 0 fully saturated rings. The SMILES string of the molecule is O=c1ccc(-c2ccc(Cl)c(Cl)c2)n[nH]1.[KH]. The molecule has 0 aliphatic heterocycles. The molecule has 1 N–H and O–H groups in total. The molecule has 16 heavy (non-hydrogen) atoms. The molecule has 0 saturated heterocycles. The van der Waals surface area contributed by atoms with Crippen LogP contribution in [-0.4, -0.2) is 61.6 Å². The van der Waals surface area contributed by atoms with Gasteiger partial charge in [0.05, 0.1) is 15.7 Å². The van der Waals surface area contributed by atoms with Gasteiger partial charge >= 0.3 is 51.4 Å². The zero-order valence-corrected chi connectivity index (χ0v) is 9.01. The van der Waals surface area contributed by atoms with Gasteiger partial charge in [0, 0.05) is 11.6 Å². The number of halogens is 2. The Morgan fingerprint density at radius 3 is 2.38 bits per heavy atom. The Bertz CT molecular complexity index is 536. The Morgan fingerprint density at radius 1 is 1.06 bits per heavy atom. The number of rotatable bonds is 1. The van der Waals surface area contributed by atoms with Crippen LogP contribution in [0.25, 0.3) is 11.3 Å². The van der Waals surface area contributed by atoms with Crippen molar-refractivity contribution in [1.82, 2.24) is 10.2 Å². The van der Waals surface area contributed by atoms with Crippen molar-refractivity contribution >= 4 is 74.6 Å². The summed E-state index contributed by atoms with van der Waals surface area (Å²) in [6.45, 7) is 0. The van der Waals surface area contributed by atoms with Gasteiger partial charge in [0.1, 0.15) is 0 Å². The molecule has 0 spiro atoms. The van der Waals surface area contributed by atoms with Gasteiger partial charge in [0.25, 0.3) is 5.56 Å². The van der Waals surface area contributed by atoms with Crippen molar-refractivity contribution in [3.8, 4) is 11.3 Å². The Kier molecular flexibility index (Phi) is 5.66. The number of hydrogen-bond acceptors (Lipinski definition) is 2. The molecular formula is C10H7Cl2KN2O. The third-order valence-corrected chi connectivity index (χ3v) is 2.63. The van der Waals surface area contributed by atoms with Gasteiger partial charge in [-0.15, -0.1) is 0 Å². The number of aromatic nitrogens is 2. The summed E-state index contributed by atoms with van der Waals surface area (Å²) in [5.74, 6) is 0. The normalized spacial score (nSPS) is 9.62. The minimum absolute atomic E-state index is 0. The van der Waals surface area contributed by atoms with Crippen LogP contribution >= 0.6 is 23.2 Å². The summed E-state index contributed by atoms with van der Waals surface area (Å²) in [6, 6.07) is 8.20. The number of nitrogens with one attached hydrogen (secondary N) is 1. The van der Waals surface area contributed by atoms with Crippen LogP contribution in [0.3, 0.4) is 0 Å². The van der Waals surface area contributed by atoms with E-state index in [9.17, 15) is 4.79 Å². The van der Waals surface area contributed by atoms with E-state index in [0.717, 1.165) is 5.56 Å². The van der Waals surface area contributed by atoms with E-state index in [-0.39, 0.29) is 56.9 Å². The molecule has 0 radical (unpaired) electrons. The van der Waals surface area contributed by atoms with E-state index in [2.05, 4.69) is 10.2 Å². The fourth-order valence-electron chi connectivity index (χ4n) is 1.16. The molecule has 0 unspecified atom stereocenters. The Hall–Kier alpha value is 0.316. The van der Waals surface area contributed by atoms with Crippen molar-refractivity contribution in [3.63, 3.8) is 0 Å². The zero-order valence-electron chi connectivity index (χ0n) is 7.50. The number of benzene rings is 1. The van der Waals surface area contributed by atoms with Gasteiger partial charge in [-0.3, -0.25) is 4.79 Å². The second-order valence-corrected chi connectivity index (χ2v) is 3.75. The molecule has 2 rings (SSSR count). The molecule has 0 saturated carbocycles. The second kappa shape index (κ2) is 6.30. The molecule has 6 heteroatoms. The standard InChI is InChI=1S/C10H6Cl2N2O.K.H/c11-7-2-1-6(5-8(7)12)9-3-4-10(15)14-13-9;;/h1-5H,(H,14,15);;. The van der Waals surface area contributed by atoms with Crippen LogP contribution in [-0.2, 0) is 0 Å². The first-order valence-corrected chi connectivity index (χ1v) is 4.93. The predicted octanol–water partition coefficient (Wildman–Crippen LogP) is 2.10. The van der Waals surface area contributed by atoms with Crippen LogP contribution in [0.2, 0.25) is 10.0 Å². The number of hydrogen-bond donors (Lipinski definition) is 1. The Morgan fingerprint density at radius 2 is 1.81 bits per heavy atom. The fourth-order valence-corrected chi connectivity index (χ4v) is 1.46. The molecule has 0 aliphatic rings. The van der Waals surface area contributed by atoms with Gasteiger partial charge < -0.3 is 0 Å². The topological polar surface area (TPSA) is 45.8 Å². The molecule has 0 atom stereocenters. The molecule has 1 heterocycles. The van der Waals surface area contributed by atoms with E-state index in [4.69, 9.17) is 23.2 Å². The summed E-state index contributed by atoms with van der Waals surface area (Å²) in [5, 5.41) is 7.18. The molecule has 3 nitrogen and oxygen atoms in total. The van der Waals surface area contributed by atoms with Crippen LogP contribution < -0.4 is 5.56 Å². The van der Waals surface area contributed by atoms with E-state index < -0.39 is 0 Å². The van der Waals surface area contributed by atoms with Crippen molar-refractivity contribution in [2.24, 2.45) is 0 Å². The number of nitrogens with zero attached hydrogens (tertiary/aromatic N) is 1. The van der Waals surface area contributed by atoms with Crippen LogP contribution in [0.5, 0.6) is 0 Å². The monoisotopic (exact) mass is 280 g/mol. The summed E-state index contributed by atoms with van der Waals surface area (Å²) < 4.78 is 0. The van der Waals surface area contributed by atoms with Gasteiger partial charge in [0.15, 0.2) is 0 Å². The molecular weight excluding hydrogens is 274 g/mol. The van der Waals surface area contributed by atoms with Crippen molar-refractivity contribution in [2.45, 2.75) is 0 Å². The predicted molar refractivity (Wildman–Crippen MR) is 67.5 cm³/mol. The molecule has 1 aromatic heterocycles. The van der Waals surface area contributed by atoms with Gasteiger partial charge in [0.2, 0.25) is 0 Å². The summed E-state index contributed by atoms with van der Waals surface area (Å²) in [5.41, 5.74) is 1.22. The van der Waals surface area contributed by atoms with Crippen molar-refractivity contribution in [2.75, 3.05) is 0 Å². The number of aromatic amines is 1. The molecule has 2 aromatic rings. The Balaban J connectivity index is 0.00000128. The number of H-pyrrole nitrogens is 1. The van der Waals surface area contributed by atoms with E-state index in [1.165, 1.54) is 6.07 Å². The average molecular weight is 281 g/mol. The van der Waals surface area contributed by atoms with E-state index >= 15 is 0 Å². The van der Waals surface area contributed by atoms with Crippen LogP contribution in [0, 0.1) is 0 Å². The first-order chi connectivity index (χ1) is 7.16. The van der Waals surface area contributed by atoms with Crippen LogP contribution in [0.15, 0.2) is 35.1 Å². The van der Waals surface area contributed by atoms with E-state index in [1.807, 2.05) is 0 Å². The van der Waals surface area contributed by atoms with Gasteiger partial charge in [-0.2, -0.15) is 5.10 Å². The summed E-state index contributed by atoms with van der Waals surface area (Å²) >= 11 is 11.6. The van der Waals surface area contributed by atoms with E-state index in [0.29, 0.717) is 15.7 Å². The van der Waals surface area contributed by atoms with Crippen LogP contribution in [0.4, 0.5) is 0 Å². The molecule has 0 amide bonds. The maximum atomic E-state index is 10.8. The average Bonchev–Trinajstić information content (AvgIpc) is 2.23. The third kappa shape index (κ3) is 3.40. The second-order valence-electron chi connectivity index (χ2n) is 2.94. The van der Waals surface area contributed by atoms with Gasteiger partial charge in [-0.1, -0.05) is 29.3 Å². The summed E-state index contributed by atoms with van der Waals surface area (Å²) in [6.07, 6.45) is 0. The Labute approximate surface area is 145 Å². The first kappa shape index (κ1) is 14.4. The van der Waals surface area contributed by atoms with Gasteiger partial charge in [-0.25, -0.2) is 5.10 Å². The quantitative estimate of drug-likeness (QED) is 0.814. The van der Waals surface area contributed by atoms with Crippen molar-refractivity contribution < 1.29 is 0 Å². The zero-order chi connectivity index (χ0) is 10.8. The van der Waals surface area contributed by atoms with E-state index in [1.54, 1.807) is 24.3 Å². The third-order valence-electron chi connectivity index (χ3n) is 1.89. The molecule has 0 bridgehead atoms. The van der Waals surface area contributed by atoms with Gasteiger partial charge in [-0.05, 0) is 18.2 Å². The molecule has 1 aromatic carbocycles. The molecule has 0 aliphatic carbocycles.